The zero-order chi connectivity index (χ0) is 18.2. The fraction of sp³-hybridized carbons (Fsp3) is 0.526. The Bertz CT molecular complexity index is 710. The first kappa shape index (κ1) is 17.9. The predicted octanol–water partition coefficient (Wildman–Crippen LogP) is 3.74. The average Bonchev–Trinajstić information content (AvgIpc) is 3.05. The minimum atomic E-state index is -0.469. The third-order valence-electron chi connectivity index (χ3n) is 5.16. The van der Waals surface area contributed by atoms with Crippen molar-refractivity contribution >= 4 is 29.4 Å². The summed E-state index contributed by atoms with van der Waals surface area (Å²) in [5, 5.41) is 0.615. The van der Waals surface area contributed by atoms with Crippen molar-refractivity contribution in [2.24, 2.45) is 0 Å². The van der Waals surface area contributed by atoms with Gasteiger partial charge in [0.25, 0.3) is 0 Å². The van der Waals surface area contributed by atoms with Gasteiger partial charge in [-0.15, -0.1) is 0 Å². The summed E-state index contributed by atoms with van der Waals surface area (Å²) in [6.07, 6.45) is 3.47. The van der Waals surface area contributed by atoms with Gasteiger partial charge in [-0.3, -0.25) is 19.4 Å². The molecule has 0 radical (unpaired) electrons. The summed E-state index contributed by atoms with van der Waals surface area (Å²) in [7, 11) is 0. The molecule has 1 aromatic carbocycles. The normalized spacial score (nSPS) is 19.9. The van der Waals surface area contributed by atoms with Gasteiger partial charge in [-0.1, -0.05) is 50.4 Å². The molecule has 4 amide bonds. The number of amides is 4. The van der Waals surface area contributed by atoms with Crippen LogP contribution in [-0.4, -0.2) is 40.2 Å². The van der Waals surface area contributed by atoms with Crippen LogP contribution in [0, 0.1) is 0 Å². The van der Waals surface area contributed by atoms with Crippen molar-refractivity contribution in [2.45, 2.75) is 57.4 Å². The van der Waals surface area contributed by atoms with Crippen molar-refractivity contribution < 1.29 is 14.4 Å². The zero-order valence-electron chi connectivity index (χ0n) is 14.6. The first-order valence-corrected chi connectivity index (χ1v) is 9.10. The van der Waals surface area contributed by atoms with Crippen molar-refractivity contribution in [3.63, 3.8) is 0 Å². The number of hydrogen-bond donors (Lipinski definition) is 0. The lowest BCUT2D eigenvalue weighted by Crippen LogP contribution is -2.59. The lowest BCUT2D eigenvalue weighted by Gasteiger charge is -2.39. The Morgan fingerprint density at radius 2 is 1.80 bits per heavy atom. The highest BCUT2D eigenvalue weighted by atomic mass is 35.5. The Morgan fingerprint density at radius 3 is 2.44 bits per heavy atom. The van der Waals surface area contributed by atoms with E-state index in [9.17, 15) is 14.4 Å². The standard InChI is InChI=1S/C19H23ClN2O3/c1-19(2,13-6-5-7-14(20)10-13)12-21-16(23)11-17(24)22(18(21)25)15-8-3-4-9-15/h5-7,10,15H,3-4,8-9,11-12H2,1-2H3. The van der Waals surface area contributed by atoms with Gasteiger partial charge in [-0.25, -0.2) is 4.79 Å². The van der Waals surface area contributed by atoms with Gasteiger partial charge in [0, 0.05) is 23.0 Å². The molecule has 25 heavy (non-hydrogen) atoms. The molecule has 6 heteroatoms. The minimum absolute atomic E-state index is 0.0649. The summed E-state index contributed by atoms with van der Waals surface area (Å²) in [5.41, 5.74) is 0.489. The van der Waals surface area contributed by atoms with Crippen LogP contribution in [0.4, 0.5) is 4.79 Å². The van der Waals surface area contributed by atoms with Crippen molar-refractivity contribution in [3.8, 4) is 0 Å². The molecule has 1 heterocycles. The monoisotopic (exact) mass is 362 g/mol. The molecule has 0 aromatic heterocycles. The van der Waals surface area contributed by atoms with Crippen LogP contribution in [0.5, 0.6) is 0 Å². The highest BCUT2D eigenvalue weighted by Crippen LogP contribution is 2.31. The van der Waals surface area contributed by atoms with Crippen LogP contribution in [0.1, 0.15) is 51.5 Å². The quantitative estimate of drug-likeness (QED) is 0.766. The Kier molecular flexibility index (Phi) is 4.87. The van der Waals surface area contributed by atoms with Crippen LogP contribution in [0.2, 0.25) is 5.02 Å². The van der Waals surface area contributed by atoms with Gasteiger partial charge in [-0.05, 0) is 30.5 Å². The largest absolute Gasteiger partial charge is 0.333 e. The second-order valence-corrected chi connectivity index (χ2v) is 7.97. The molecule has 2 fully saturated rings. The molecule has 1 saturated heterocycles. The minimum Gasteiger partial charge on any atom is -0.274 e. The molecule has 3 rings (SSSR count). The Morgan fingerprint density at radius 1 is 1.12 bits per heavy atom. The van der Waals surface area contributed by atoms with E-state index in [-0.39, 0.29) is 24.9 Å². The molecule has 0 bridgehead atoms. The van der Waals surface area contributed by atoms with Crippen LogP contribution in [0.15, 0.2) is 24.3 Å². The number of imide groups is 2. The molecule has 2 aliphatic rings. The van der Waals surface area contributed by atoms with E-state index in [4.69, 9.17) is 11.6 Å². The van der Waals surface area contributed by atoms with Crippen LogP contribution in [0.3, 0.4) is 0 Å². The lowest BCUT2D eigenvalue weighted by atomic mass is 9.84. The van der Waals surface area contributed by atoms with Crippen molar-refractivity contribution in [2.75, 3.05) is 6.54 Å². The van der Waals surface area contributed by atoms with Crippen LogP contribution >= 0.6 is 11.6 Å². The summed E-state index contributed by atoms with van der Waals surface area (Å²) in [6, 6.07) is 6.89. The molecule has 0 atom stereocenters. The molecular formula is C19H23ClN2O3. The van der Waals surface area contributed by atoms with Crippen molar-refractivity contribution in [1.29, 1.82) is 0 Å². The summed E-state index contributed by atoms with van der Waals surface area (Å²) < 4.78 is 0. The lowest BCUT2D eigenvalue weighted by molar-refractivity contribution is -0.144. The second-order valence-electron chi connectivity index (χ2n) is 7.54. The van der Waals surface area contributed by atoms with E-state index in [1.54, 1.807) is 6.07 Å². The van der Waals surface area contributed by atoms with E-state index >= 15 is 0 Å². The molecule has 5 nitrogen and oxygen atoms in total. The maximum atomic E-state index is 12.9. The number of carbonyl (C=O) groups is 3. The van der Waals surface area contributed by atoms with E-state index in [1.807, 2.05) is 32.0 Å². The highest BCUT2D eigenvalue weighted by molar-refractivity contribution is 6.30. The van der Waals surface area contributed by atoms with Gasteiger partial charge < -0.3 is 0 Å². The molecule has 0 unspecified atom stereocenters. The van der Waals surface area contributed by atoms with Crippen LogP contribution in [0.25, 0.3) is 0 Å². The molecule has 1 saturated carbocycles. The number of carbonyl (C=O) groups excluding carboxylic acids is 3. The van der Waals surface area contributed by atoms with Gasteiger partial charge in [0.2, 0.25) is 11.8 Å². The van der Waals surface area contributed by atoms with Crippen LogP contribution < -0.4 is 0 Å². The van der Waals surface area contributed by atoms with Gasteiger partial charge in [0.1, 0.15) is 6.42 Å². The molecule has 0 spiro atoms. The number of barbiturate groups is 1. The summed E-state index contributed by atoms with van der Waals surface area (Å²) >= 11 is 6.08. The smallest absolute Gasteiger partial charge is 0.274 e. The third-order valence-corrected chi connectivity index (χ3v) is 5.39. The topological polar surface area (TPSA) is 57.7 Å². The number of benzene rings is 1. The molecular weight excluding hydrogens is 340 g/mol. The van der Waals surface area contributed by atoms with E-state index in [0.717, 1.165) is 31.2 Å². The van der Waals surface area contributed by atoms with Gasteiger partial charge in [0.05, 0.1) is 0 Å². The van der Waals surface area contributed by atoms with Crippen molar-refractivity contribution in [3.05, 3.63) is 34.9 Å². The maximum Gasteiger partial charge on any atom is 0.333 e. The van der Waals surface area contributed by atoms with E-state index in [1.165, 1.54) is 9.80 Å². The second kappa shape index (κ2) is 6.79. The molecule has 1 aliphatic heterocycles. The Hall–Kier alpha value is -1.88. The number of nitrogens with zero attached hydrogens (tertiary/aromatic N) is 2. The summed E-state index contributed by atoms with van der Waals surface area (Å²) in [6.45, 7) is 4.16. The fourth-order valence-electron chi connectivity index (χ4n) is 3.73. The molecule has 0 N–H and O–H groups in total. The maximum absolute atomic E-state index is 12.9. The first-order valence-electron chi connectivity index (χ1n) is 8.72. The van der Waals surface area contributed by atoms with E-state index in [2.05, 4.69) is 0 Å². The fourth-order valence-corrected chi connectivity index (χ4v) is 3.92. The number of hydrogen-bond acceptors (Lipinski definition) is 3. The number of rotatable bonds is 4. The predicted molar refractivity (Wildman–Crippen MR) is 95.3 cm³/mol. The van der Waals surface area contributed by atoms with Gasteiger partial charge in [-0.2, -0.15) is 0 Å². The summed E-state index contributed by atoms with van der Waals surface area (Å²) in [5.74, 6) is -0.780. The molecule has 134 valence electrons. The molecule has 1 aromatic rings. The van der Waals surface area contributed by atoms with E-state index in [0.29, 0.717) is 5.02 Å². The Labute approximate surface area is 152 Å². The number of urea groups is 1. The first-order chi connectivity index (χ1) is 11.8. The highest BCUT2D eigenvalue weighted by Gasteiger charge is 2.44. The number of halogens is 1. The van der Waals surface area contributed by atoms with Crippen LogP contribution in [-0.2, 0) is 15.0 Å². The third kappa shape index (κ3) is 3.56. The van der Waals surface area contributed by atoms with Gasteiger partial charge >= 0.3 is 6.03 Å². The average molecular weight is 363 g/mol. The summed E-state index contributed by atoms with van der Waals surface area (Å²) in [4.78, 5) is 40.1. The van der Waals surface area contributed by atoms with Crippen molar-refractivity contribution in [1.82, 2.24) is 9.80 Å². The van der Waals surface area contributed by atoms with E-state index < -0.39 is 17.4 Å². The SMILES string of the molecule is CC(C)(CN1C(=O)CC(=O)N(C2CCCC2)C1=O)c1cccc(Cl)c1. The molecule has 1 aliphatic carbocycles. The Balaban J connectivity index is 1.83. The van der Waals surface area contributed by atoms with Gasteiger partial charge in [0.15, 0.2) is 0 Å². The zero-order valence-corrected chi connectivity index (χ0v) is 15.4.